The molecule has 118 valence electrons. The van der Waals surface area contributed by atoms with Crippen molar-refractivity contribution in [2.75, 3.05) is 27.2 Å². The molecule has 0 radical (unpaired) electrons. The molecule has 1 aromatic heterocycles. The molecule has 21 heavy (non-hydrogen) atoms. The van der Waals surface area contributed by atoms with Gasteiger partial charge in [-0.1, -0.05) is 26.8 Å². The van der Waals surface area contributed by atoms with Gasteiger partial charge in [0.1, 0.15) is 0 Å². The number of thiophene rings is 1. The monoisotopic (exact) mass is 311 g/mol. The first-order chi connectivity index (χ1) is 9.71. The van der Waals surface area contributed by atoms with Crippen molar-refractivity contribution in [1.29, 1.82) is 0 Å². The van der Waals surface area contributed by atoms with E-state index in [0.717, 1.165) is 0 Å². The third-order valence-corrected chi connectivity index (χ3v) is 4.05. The quantitative estimate of drug-likeness (QED) is 0.839. The van der Waals surface area contributed by atoms with Crippen molar-refractivity contribution in [3.8, 4) is 0 Å². The summed E-state index contributed by atoms with van der Waals surface area (Å²) in [6.45, 7) is 6.00. The van der Waals surface area contributed by atoms with Crippen LogP contribution in [0.4, 0.5) is 0 Å². The zero-order chi connectivity index (χ0) is 16.0. The van der Waals surface area contributed by atoms with Crippen LogP contribution in [0.3, 0.4) is 0 Å². The summed E-state index contributed by atoms with van der Waals surface area (Å²) in [5, 5.41) is 7.54. The fourth-order valence-electron chi connectivity index (χ4n) is 1.72. The molecule has 5 nitrogen and oxygen atoms in total. The molecule has 1 unspecified atom stereocenters. The number of carbonyl (C=O) groups excluding carboxylic acids is 2. The zero-order valence-electron chi connectivity index (χ0n) is 13.4. The van der Waals surface area contributed by atoms with Crippen molar-refractivity contribution in [3.63, 3.8) is 0 Å². The molecule has 0 aliphatic rings. The maximum Gasteiger partial charge on any atom is 0.239 e. The fraction of sp³-hybridized carbons (Fsp3) is 0.600. The number of rotatable bonds is 6. The lowest BCUT2D eigenvalue weighted by Gasteiger charge is -2.24. The van der Waals surface area contributed by atoms with Crippen molar-refractivity contribution in [2.24, 2.45) is 5.41 Å². The van der Waals surface area contributed by atoms with Gasteiger partial charge < -0.3 is 15.5 Å². The van der Waals surface area contributed by atoms with E-state index < -0.39 is 5.41 Å². The maximum atomic E-state index is 11.8. The van der Waals surface area contributed by atoms with Crippen molar-refractivity contribution >= 4 is 23.2 Å². The zero-order valence-corrected chi connectivity index (χ0v) is 14.2. The molecule has 0 fully saturated rings. The van der Waals surface area contributed by atoms with Gasteiger partial charge in [0.15, 0.2) is 0 Å². The summed E-state index contributed by atoms with van der Waals surface area (Å²) in [6, 6.07) is 4.21. The van der Waals surface area contributed by atoms with Crippen molar-refractivity contribution in [1.82, 2.24) is 15.5 Å². The largest absolute Gasteiger partial charge is 0.353 e. The molecule has 0 bridgehead atoms. The van der Waals surface area contributed by atoms with E-state index >= 15 is 0 Å². The number of carbonyl (C=O) groups is 2. The van der Waals surface area contributed by atoms with E-state index in [1.807, 2.05) is 46.3 Å². The van der Waals surface area contributed by atoms with Crippen LogP contribution in [0.2, 0.25) is 0 Å². The second-order valence-electron chi connectivity index (χ2n) is 6.23. The Morgan fingerprint density at radius 3 is 2.43 bits per heavy atom. The van der Waals surface area contributed by atoms with Crippen LogP contribution in [-0.2, 0) is 9.59 Å². The summed E-state index contributed by atoms with van der Waals surface area (Å²) in [4.78, 5) is 26.8. The molecule has 1 rings (SSSR count). The standard InChI is InChI=1S/C15H25N3O2S/c1-15(2,3)14(20)17-10-13(19)16-9-11(18(4)5)12-7-6-8-21-12/h6-8,11H,9-10H2,1-5H3,(H,16,19)(H,17,20). The van der Waals surface area contributed by atoms with Gasteiger partial charge in [0, 0.05) is 16.8 Å². The molecular weight excluding hydrogens is 286 g/mol. The highest BCUT2D eigenvalue weighted by molar-refractivity contribution is 7.10. The minimum Gasteiger partial charge on any atom is -0.353 e. The predicted octanol–water partition coefficient (Wildman–Crippen LogP) is 1.63. The Morgan fingerprint density at radius 1 is 1.29 bits per heavy atom. The number of amides is 2. The maximum absolute atomic E-state index is 11.8. The Morgan fingerprint density at radius 2 is 1.95 bits per heavy atom. The van der Waals surface area contributed by atoms with Crippen molar-refractivity contribution in [3.05, 3.63) is 22.4 Å². The fourth-order valence-corrected chi connectivity index (χ4v) is 2.64. The molecular formula is C15H25N3O2S. The van der Waals surface area contributed by atoms with Gasteiger partial charge in [-0.15, -0.1) is 11.3 Å². The molecule has 1 heterocycles. The average molecular weight is 311 g/mol. The first-order valence-electron chi connectivity index (χ1n) is 6.96. The number of hydrogen-bond donors (Lipinski definition) is 2. The first kappa shape index (κ1) is 17.7. The molecule has 0 spiro atoms. The van der Waals surface area contributed by atoms with Gasteiger partial charge in [-0.25, -0.2) is 0 Å². The molecule has 6 heteroatoms. The average Bonchev–Trinajstić information content (AvgIpc) is 2.88. The molecule has 1 atom stereocenters. The van der Waals surface area contributed by atoms with E-state index in [9.17, 15) is 9.59 Å². The Balaban J connectivity index is 2.43. The molecule has 0 saturated carbocycles. The number of hydrogen-bond acceptors (Lipinski definition) is 4. The smallest absolute Gasteiger partial charge is 0.239 e. The SMILES string of the molecule is CN(C)C(CNC(=O)CNC(=O)C(C)(C)C)c1cccs1. The van der Waals surface area contributed by atoms with Crippen LogP contribution in [0.5, 0.6) is 0 Å². The third kappa shape index (κ3) is 5.85. The van der Waals surface area contributed by atoms with Crippen LogP contribution in [-0.4, -0.2) is 43.9 Å². The molecule has 0 aliphatic heterocycles. The van der Waals surface area contributed by atoms with Gasteiger partial charge in [0.25, 0.3) is 0 Å². The van der Waals surface area contributed by atoms with Crippen LogP contribution >= 0.6 is 11.3 Å². The van der Waals surface area contributed by atoms with E-state index in [4.69, 9.17) is 0 Å². The normalized spacial score (nSPS) is 13.0. The topological polar surface area (TPSA) is 61.4 Å². The van der Waals surface area contributed by atoms with Gasteiger partial charge in [-0.05, 0) is 25.5 Å². The molecule has 0 saturated heterocycles. The molecule has 0 aromatic carbocycles. The molecule has 1 aromatic rings. The summed E-state index contributed by atoms with van der Waals surface area (Å²) < 4.78 is 0. The number of nitrogens with zero attached hydrogens (tertiary/aromatic N) is 1. The van der Waals surface area contributed by atoms with Gasteiger partial charge in [0.05, 0.1) is 12.6 Å². The number of likely N-dealkylation sites (N-methyl/N-ethyl adjacent to an activating group) is 1. The molecule has 2 amide bonds. The van der Waals surface area contributed by atoms with Gasteiger partial charge in [0.2, 0.25) is 11.8 Å². The lowest BCUT2D eigenvalue weighted by Crippen LogP contribution is -2.43. The van der Waals surface area contributed by atoms with Crippen LogP contribution in [0.25, 0.3) is 0 Å². The van der Waals surface area contributed by atoms with E-state index in [0.29, 0.717) is 6.54 Å². The van der Waals surface area contributed by atoms with E-state index in [1.165, 1.54) is 4.88 Å². The summed E-state index contributed by atoms with van der Waals surface area (Å²) in [6.07, 6.45) is 0. The minimum atomic E-state index is -0.483. The second-order valence-corrected chi connectivity index (χ2v) is 7.21. The van der Waals surface area contributed by atoms with Crippen LogP contribution < -0.4 is 10.6 Å². The van der Waals surface area contributed by atoms with Gasteiger partial charge in [-0.2, -0.15) is 0 Å². The van der Waals surface area contributed by atoms with E-state index in [1.54, 1.807) is 11.3 Å². The predicted molar refractivity (Wildman–Crippen MR) is 86.2 cm³/mol. The van der Waals surface area contributed by atoms with Gasteiger partial charge >= 0.3 is 0 Å². The summed E-state index contributed by atoms with van der Waals surface area (Å²) in [7, 11) is 3.97. The third-order valence-electron chi connectivity index (χ3n) is 3.08. The van der Waals surface area contributed by atoms with E-state index in [2.05, 4.69) is 21.6 Å². The molecule has 2 N–H and O–H groups in total. The summed E-state index contributed by atoms with van der Waals surface area (Å²) >= 11 is 1.67. The minimum absolute atomic E-state index is 0.0146. The van der Waals surface area contributed by atoms with Crippen LogP contribution in [0.15, 0.2) is 17.5 Å². The Hall–Kier alpha value is -1.40. The highest BCUT2D eigenvalue weighted by atomic mass is 32.1. The Kier molecular flexibility index (Phi) is 6.36. The highest BCUT2D eigenvalue weighted by Crippen LogP contribution is 2.22. The Labute approximate surface area is 130 Å². The van der Waals surface area contributed by atoms with Crippen LogP contribution in [0.1, 0.15) is 31.7 Å². The summed E-state index contributed by atoms with van der Waals surface area (Å²) in [5.41, 5.74) is -0.483. The van der Waals surface area contributed by atoms with E-state index in [-0.39, 0.29) is 24.4 Å². The van der Waals surface area contributed by atoms with Gasteiger partial charge in [-0.3, -0.25) is 9.59 Å². The Bertz CT molecular complexity index is 464. The lowest BCUT2D eigenvalue weighted by molar-refractivity contribution is -0.131. The summed E-state index contributed by atoms with van der Waals surface area (Å²) in [5.74, 6) is -0.295. The molecule has 0 aliphatic carbocycles. The van der Waals surface area contributed by atoms with Crippen LogP contribution in [0, 0.1) is 5.41 Å². The van der Waals surface area contributed by atoms with Crippen molar-refractivity contribution < 1.29 is 9.59 Å². The highest BCUT2D eigenvalue weighted by Gasteiger charge is 2.22. The lowest BCUT2D eigenvalue weighted by atomic mass is 9.96. The first-order valence-corrected chi connectivity index (χ1v) is 7.84. The van der Waals surface area contributed by atoms with Crippen molar-refractivity contribution in [2.45, 2.75) is 26.8 Å². The number of nitrogens with one attached hydrogen (secondary N) is 2. The second kappa shape index (κ2) is 7.56.